The molecule has 0 aliphatic rings. The Bertz CT molecular complexity index is 1440. The molecule has 3 aromatic heterocycles. The number of hydrogen-bond donors (Lipinski definition) is 1. The summed E-state index contributed by atoms with van der Waals surface area (Å²) in [5.74, 6) is -0.487. The van der Waals surface area contributed by atoms with Crippen LogP contribution in [-0.4, -0.2) is 46.8 Å². The number of thiazole rings is 1. The number of benzene rings is 1. The number of aryl methyl sites for hydroxylation is 1. The van der Waals surface area contributed by atoms with Gasteiger partial charge in [-0.05, 0) is 43.6 Å². The fourth-order valence-electron chi connectivity index (χ4n) is 2.64. The molecular weight excluding hydrogens is 462 g/mol. The summed E-state index contributed by atoms with van der Waals surface area (Å²) in [7, 11) is -3.43. The van der Waals surface area contributed by atoms with Crippen LogP contribution in [0.1, 0.15) is 22.3 Å². The van der Waals surface area contributed by atoms with E-state index in [4.69, 9.17) is 4.74 Å². The molecule has 0 amide bonds. The first-order valence-corrected chi connectivity index (χ1v) is 12.3. The lowest BCUT2D eigenvalue weighted by Crippen LogP contribution is -2.08. The molecule has 0 saturated carbocycles. The average Bonchev–Trinajstić information content (AvgIpc) is 3.28. The van der Waals surface area contributed by atoms with Gasteiger partial charge in [-0.15, -0.1) is 20.4 Å². The number of hydrogen-bond acceptors (Lipinski definition) is 12. The van der Waals surface area contributed by atoms with Gasteiger partial charge in [0.25, 0.3) is 0 Å². The van der Waals surface area contributed by atoms with Crippen molar-refractivity contribution in [1.82, 2.24) is 19.6 Å². The van der Waals surface area contributed by atoms with Gasteiger partial charge in [-0.3, -0.25) is 4.72 Å². The van der Waals surface area contributed by atoms with Crippen molar-refractivity contribution in [2.75, 3.05) is 17.6 Å². The first-order chi connectivity index (χ1) is 14.7. The Hall–Kier alpha value is -3.10. The number of aromatic nitrogens is 4. The second-order valence-corrected chi connectivity index (χ2v) is 9.81. The Morgan fingerprint density at radius 2 is 2.03 bits per heavy atom. The summed E-state index contributed by atoms with van der Waals surface area (Å²) >= 11 is 2.08. The van der Waals surface area contributed by atoms with E-state index in [1.807, 2.05) is 0 Å². The van der Waals surface area contributed by atoms with Gasteiger partial charge in [0.15, 0.2) is 15.0 Å². The number of carbonyl (C=O) groups is 1. The van der Waals surface area contributed by atoms with Crippen LogP contribution in [0.4, 0.5) is 15.8 Å². The summed E-state index contributed by atoms with van der Waals surface area (Å²) in [5, 5.41) is 18.1. The van der Waals surface area contributed by atoms with Crippen molar-refractivity contribution in [2.45, 2.75) is 13.8 Å². The van der Waals surface area contributed by atoms with Crippen LogP contribution in [0.2, 0.25) is 0 Å². The molecule has 0 saturated heterocycles. The van der Waals surface area contributed by atoms with E-state index in [1.165, 1.54) is 0 Å². The fourth-order valence-corrected chi connectivity index (χ4v) is 4.99. The standard InChI is InChI=1S/C17H15N7O4S3/c1-4-28-16(25)14-13-12(23-30-14)10-7-9(5-6-11(10)20-21-13)19-22-15-8(2)18-17(29-15)24-31(3,26)27/h5-7H,4H2,1-3H3,(H,18,24). The van der Waals surface area contributed by atoms with Crippen LogP contribution in [-0.2, 0) is 14.8 Å². The van der Waals surface area contributed by atoms with Gasteiger partial charge in [-0.25, -0.2) is 18.2 Å². The van der Waals surface area contributed by atoms with Gasteiger partial charge >= 0.3 is 5.97 Å². The molecule has 1 aromatic carbocycles. The first-order valence-electron chi connectivity index (χ1n) is 8.85. The maximum atomic E-state index is 12.1. The lowest BCUT2D eigenvalue weighted by molar-refractivity contribution is 0.0534. The quantitative estimate of drug-likeness (QED) is 0.324. The van der Waals surface area contributed by atoms with Crippen molar-refractivity contribution >= 4 is 76.6 Å². The largest absolute Gasteiger partial charge is 0.462 e. The van der Waals surface area contributed by atoms with Gasteiger partial charge in [-0.1, -0.05) is 11.3 Å². The van der Waals surface area contributed by atoms with Gasteiger partial charge in [0.05, 0.1) is 29.8 Å². The number of ether oxygens (including phenoxy) is 1. The van der Waals surface area contributed by atoms with Gasteiger partial charge in [-0.2, -0.15) is 4.37 Å². The van der Waals surface area contributed by atoms with Crippen LogP contribution in [0.3, 0.4) is 0 Å². The van der Waals surface area contributed by atoms with Crippen LogP contribution < -0.4 is 4.72 Å². The smallest absolute Gasteiger partial charge is 0.352 e. The molecule has 11 nitrogen and oxygen atoms in total. The van der Waals surface area contributed by atoms with E-state index in [-0.39, 0.29) is 11.7 Å². The Morgan fingerprint density at radius 3 is 2.77 bits per heavy atom. The van der Waals surface area contributed by atoms with E-state index in [9.17, 15) is 13.2 Å². The van der Waals surface area contributed by atoms with Crippen molar-refractivity contribution in [3.63, 3.8) is 0 Å². The highest BCUT2D eigenvalue weighted by Gasteiger charge is 2.19. The molecule has 0 atom stereocenters. The normalized spacial score (nSPS) is 12.1. The van der Waals surface area contributed by atoms with Crippen molar-refractivity contribution in [3.05, 3.63) is 28.8 Å². The maximum absolute atomic E-state index is 12.1. The van der Waals surface area contributed by atoms with Crippen molar-refractivity contribution in [3.8, 4) is 0 Å². The Balaban J connectivity index is 1.69. The predicted molar refractivity (Wildman–Crippen MR) is 118 cm³/mol. The van der Waals surface area contributed by atoms with Crippen molar-refractivity contribution < 1.29 is 17.9 Å². The number of nitrogens with zero attached hydrogens (tertiary/aromatic N) is 6. The van der Waals surface area contributed by atoms with Crippen molar-refractivity contribution in [1.29, 1.82) is 0 Å². The molecule has 4 rings (SSSR count). The van der Waals surface area contributed by atoms with E-state index in [1.54, 1.807) is 32.0 Å². The molecule has 31 heavy (non-hydrogen) atoms. The number of sulfonamides is 1. The summed E-state index contributed by atoms with van der Waals surface area (Å²) in [6.07, 6.45) is 1.05. The van der Waals surface area contributed by atoms with Crippen LogP contribution in [0.15, 0.2) is 28.4 Å². The summed E-state index contributed by atoms with van der Waals surface area (Å²) < 4.78 is 34.5. The summed E-state index contributed by atoms with van der Waals surface area (Å²) in [6.45, 7) is 3.69. The number of rotatable bonds is 6. The number of nitrogens with one attached hydrogen (secondary N) is 1. The molecule has 3 heterocycles. The topological polar surface area (TPSA) is 149 Å². The number of anilines is 1. The minimum atomic E-state index is -3.43. The molecule has 0 spiro atoms. The minimum absolute atomic E-state index is 0.221. The molecule has 0 unspecified atom stereocenters. The fraction of sp³-hybridized carbons (Fsp3) is 0.235. The van der Waals surface area contributed by atoms with E-state index in [0.717, 1.165) is 29.1 Å². The predicted octanol–water partition coefficient (Wildman–Crippen LogP) is 3.97. The van der Waals surface area contributed by atoms with Crippen LogP contribution >= 0.6 is 22.9 Å². The van der Waals surface area contributed by atoms with E-state index >= 15 is 0 Å². The highest BCUT2D eigenvalue weighted by Crippen LogP contribution is 2.34. The number of azo groups is 1. The first kappa shape index (κ1) is 21.1. The molecule has 0 aliphatic heterocycles. The second-order valence-electron chi connectivity index (χ2n) is 6.31. The van der Waals surface area contributed by atoms with Crippen LogP contribution in [0.25, 0.3) is 21.9 Å². The summed E-state index contributed by atoms with van der Waals surface area (Å²) in [6, 6.07) is 5.20. The zero-order valence-electron chi connectivity index (χ0n) is 16.5. The Labute approximate surface area is 184 Å². The SMILES string of the molecule is CCOC(=O)c1snc2c1nnc1ccc(N=Nc3sc(NS(C)(=O)=O)nc3C)cc12. The van der Waals surface area contributed by atoms with Gasteiger partial charge < -0.3 is 4.74 Å². The summed E-state index contributed by atoms with van der Waals surface area (Å²) in [5.41, 5.74) is 2.58. The van der Waals surface area contributed by atoms with E-state index in [0.29, 0.717) is 43.2 Å². The molecule has 0 aliphatic carbocycles. The highest BCUT2D eigenvalue weighted by atomic mass is 32.2. The Kier molecular flexibility index (Phi) is 5.60. The molecule has 0 bridgehead atoms. The van der Waals surface area contributed by atoms with E-state index < -0.39 is 16.0 Å². The van der Waals surface area contributed by atoms with Gasteiger partial charge in [0.1, 0.15) is 11.0 Å². The lowest BCUT2D eigenvalue weighted by Gasteiger charge is -2.00. The number of esters is 1. The van der Waals surface area contributed by atoms with Crippen LogP contribution in [0, 0.1) is 6.92 Å². The van der Waals surface area contributed by atoms with Gasteiger partial charge in [0.2, 0.25) is 10.0 Å². The Morgan fingerprint density at radius 1 is 1.23 bits per heavy atom. The van der Waals surface area contributed by atoms with Crippen molar-refractivity contribution in [2.24, 2.45) is 10.2 Å². The number of fused-ring (bicyclic) bond motifs is 3. The molecule has 14 heteroatoms. The molecule has 1 N–H and O–H groups in total. The molecule has 0 fully saturated rings. The zero-order valence-corrected chi connectivity index (χ0v) is 18.9. The molecule has 160 valence electrons. The third-order valence-electron chi connectivity index (χ3n) is 3.92. The monoisotopic (exact) mass is 477 g/mol. The van der Waals surface area contributed by atoms with Crippen LogP contribution in [0.5, 0.6) is 0 Å². The molecule has 0 radical (unpaired) electrons. The lowest BCUT2D eigenvalue weighted by atomic mass is 10.2. The molecule has 4 aromatic rings. The minimum Gasteiger partial charge on any atom is -0.462 e. The zero-order chi connectivity index (χ0) is 22.2. The van der Waals surface area contributed by atoms with E-state index in [2.05, 4.69) is 34.5 Å². The third-order valence-corrected chi connectivity index (χ3v) is 6.39. The maximum Gasteiger partial charge on any atom is 0.352 e. The molecular formula is C17H15N7O4S3. The number of carbonyl (C=O) groups excluding carboxylic acids is 1. The third kappa shape index (κ3) is 4.50. The highest BCUT2D eigenvalue weighted by molar-refractivity contribution is 7.92. The summed E-state index contributed by atoms with van der Waals surface area (Å²) in [4.78, 5) is 16.5. The second kappa shape index (κ2) is 8.20. The average molecular weight is 478 g/mol. The van der Waals surface area contributed by atoms with Gasteiger partial charge in [0, 0.05) is 5.39 Å².